The van der Waals surface area contributed by atoms with E-state index < -0.39 is 0 Å². The van der Waals surface area contributed by atoms with Gasteiger partial charge in [-0.3, -0.25) is 0 Å². The van der Waals surface area contributed by atoms with Gasteiger partial charge in [-0.05, 0) is 36.6 Å². The molecule has 0 aromatic heterocycles. The van der Waals surface area contributed by atoms with Gasteiger partial charge in [0.15, 0.2) is 0 Å². The minimum atomic E-state index is -0.314. The molecule has 0 saturated heterocycles. The summed E-state index contributed by atoms with van der Waals surface area (Å²) in [5, 5.41) is 8.92. The molecular weight excluding hydrogens is 217 g/mol. The molecule has 1 aromatic rings. The van der Waals surface area contributed by atoms with E-state index in [-0.39, 0.29) is 11.9 Å². The van der Waals surface area contributed by atoms with Crippen LogP contribution in [-0.2, 0) is 11.3 Å². The van der Waals surface area contributed by atoms with Crippen LogP contribution in [0.5, 0.6) is 0 Å². The maximum Gasteiger partial charge on any atom is 0.123 e. The summed E-state index contributed by atoms with van der Waals surface area (Å²) in [5.74, 6) is -0.314. The van der Waals surface area contributed by atoms with Gasteiger partial charge in [0.2, 0.25) is 0 Å². The summed E-state index contributed by atoms with van der Waals surface area (Å²) in [6.45, 7) is 0.339. The fourth-order valence-electron chi connectivity index (χ4n) is 2.23. The van der Waals surface area contributed by atoms with E-state index in [4.69, 9.17) is 10.00 Å². The number of hydrogen-bond acceptors (Lipinski definition) is 2. The quantitative estimate of drug-likeness (QED) is 0.799. The Balaban J connectivity index is 1.98. The Kier molecular flexibility index (Phi) is 4.11. The summed E-state index contributed by atoms with van der Waals surface area (Å²) >= 11 is 0. The van der Waals surface area contributed by atoms with Crippen molar-refractivity contribution in [2.24, 2.45) is 0 Å². The first-order valence-corrected chi connectivity index (χ1v) is 6.10. The van der Waals surface area contributed by atoms with Gasteiger partial charge in [-0.1, -0.05) is 19.3 Å². The molecule has 0 bridgehead atoms. The Morgan fingerprint density at radius 3 is 2.76 bits per heavy atom. The van der Waals surface area contributed by atoms with Crippen molar-refractivity contribution in [3.05, 3.63) is 35.1 Å². The molecule has 0 N–H and O–H groups in total. The van der Waals surface area contributed by atoms with Crippen LogP contribution in [0.4, 0.5) is 4.39 Å². The van der Waals surface area contributed by atoms with Gasteiger partial charge in [0.25, 0.3) is 0 Å². The fraction of sp³-hybridized carbons (Fsp3) is 0.500. The molecule has 2 nitrogen and oxygen atoms in total. The van der Waals surface area contributed by atoms with E-state index in [1.807, 2.05) is 0 Å². The first-order valence-electron chi connectivity index (χ1n) is 6.10. The van der Waals surface area contributed by atoms with Gasteiger partial charge in [0.05, 0.1) is 24.3 Å². The molecule has 2 rings (SSSR count). The maximum absolute atomic E-state index is 13.1. The Morgan fingerprint density at radius 2 is 2.06 bits per heavy atom. The zero-order chi connectivity index (χ0) is 12.1. The predicted octanol–water partition coefficient (Wildman–Crippen LogP) is 3.55. The molecule has 3 heteroatoms. The molecule has 0 spiro atoms. The number of rotatable bonds is 3. The first-order chi connectivity index (χ1) is 8.29. The van der Waals surface area contributed by atoms with Crippen molar-refractivity contribution in [3.63, 3.8) is 0 Å². The van der Waals surface area contributed by atoms with Crippen LogP contribution in [0.1, 0.15) is 43.2 Å². The number of nitrogens with zero attached hydrogens (tertiary/aromatic N) is 1. The van der Waals surface area contributed by atoms with Crippen LogP contribution in [0.2, 0.25) is 0 Å². The number of halogens is 1. The van der Waals surface area contributed by atoms with Crippen LogP contribution >= 0.6 is 0 Å². The average molecular weight is 233 g/mol. The molecule has 0 atom stereocenters. The summed E-state index contributed by atoms with van der Waals surface area (Å²) in [6.07, 6.45) is 6.13. The highest BCUT2D eigenvalue weighted by molar-refractivity contribution is 5.37. The smallest absolute Gasteiger partial charge is 0.123 e. The summed E-state index contributed by atoms with van der Waals surface area (Å²) in [7, 11) is 0. The van der Waals surface area contributed by atoms with Crippen molar-refractivity contribution in [2.45, 2.75) is 44.8 Å². The fourth-order valence-corrected chi connectivity index (χ4v) is 2.23. The van der Waals surface area contributed by atoms with Gasteiger partial charge in [-0.15, -0.1) is 0 Å². The van der Waals surface area contributed by atoms with Gasteiger partial charge >= 0.3 is 0 Å². The second-order valence-electron chi connectivity index (χ2n) is 4.48. The summed E-state index contributed by atoms with van der Waals surface area (Å²) in [6, 6.07) is 6.27. The van der Waals surface area contributed by atoms with Crippen LogP contribution in [0, 0.1) is 17.1 Å². The van der Waals surface area contributed by atoms with E-state index in [9.17, 15) is 4.39 Å². The molecule has 17 heavy (non-hydrogen) atoms. The molecule has 1 aromatic carbocycles. The normalized spacial score (nSPS) is 16.7. The van der Waals surface area contributed by atoms with E-state index in [0.29, 0.717) is 17.7 Å². The van der Waals surface area contributed by atoms with Crippen molar-refractivity contribution >= 4 is 0 Å². The molecule has 0 amide bonds. The SMILES string of the molecule is N#Cc1ccc(F)cc1COC1CCCCC1. The van der Waals surface area contributed by atoms with Gasteiger partial charge < -0.3 is 4.74 Å². The monoisotopic (exact) mass is 233 g/mol. The Hall–Kier alpha value is -1.40. The van der Waals surface area contributed by atoms with E-state index in [0.717, 1.165) is 12.8 Å². The minimum absolute atomic E-state index is 0.276. The highest BCUT2D eigenvalue weighted by Crippen LogP contribution is 2.22. The van der Waals surface area contributed by atoms with E-state index >= 15 is 0 Å². The molecule has 1 saturated carbocycles. The van der Waals surface area contributed by atoms with Crippen LogP contribution in [-0.4, -0.2) is 6.10 Å². The molecule has 90 valence electrons. The van der Waals surface area contributed by atoms with Crippen LogP contribution in [0.25, 0.3) is 0 Å². The summed E-state index contributed by atoms with van der Waals surface area (Å²) in [4.78, 5) is 0. The van der Waals surface area contributed by atoms with Gasteiger partial charge in [0.1, 0.15) is 5.82 Å². The van der Waals surface area contributed by atoms with Crippen LogP contribution < -0.4 is 0 Å². The van der Waals surface area contributed by atoms with E-state index in [1.54, 1.807) is 0 Å². The third kappa shape index (κ3) is 3.28. The lowest BCUT2D eigenvalue weighted by Crippen LogP contribution is -2.16. The predicted molar refractivity (Wildman–Crippen MR) is 62.8 cm³/mol. The standard InChI is InChI=1S/C14H16FNO/c15-13-7-6-11(9-16)12(8-13)10-17-14-4-2-1-3-5-14/h6-8,14H,1-5,10H2. The van der Waals surface area contributed by atoms with Crippen molar-refractivity contribution in [1.29, 1.82) is 5.26 Å². The number of benzene rings is 1. The first kappa shape index (κ1) is 12.1. The summed E-state index contributed by atoms with van der Waals surface area (Å²) in [5.41, 5.74) is 1.15. The number of hydrogen-bond donors (Lipinski definition) is 0. The minimum Gasteiger partial charge on any atom is -0.373 e. The second-order valence-corrected chi connectivity index (χ2v) is 4.48. The van der Waals surface area contributed by atoms with Crippen LogP contribution in [0.15, 0.2) is 18.2 Å². The van der Waals surface area contributed by atoms with Gasteiger partial charge in [-0.25, -0.2) is 4.39 Å². The average Bonchev–Trinajstić information content (AvgIpc) is 2.38. The summed E-state index contributed by atoms with van der Waals surface area (Å²) < 4.78 is 18.8. The Morgan fingerprint density at radius 1 is 1.29 bits per heavy atom. The second kappa shape index (κ2) is 5.79. The topological polar surface area (TPSA) is 33.0 Å². The molecule has 0 radical (unpaired) electrons. The highest BCUT2D eigenvalue weighted by atomic mass is 19.1. The molecule has 1 aliphatic carbocycles. The third-order valence-corrected chi connectivity index (χ3v) is 3.21. The Bertz CT molecular complexity index is 419. The lowest BCUT2D eigenvalue weighted by atomic mass is 9.98. The van der Waals surface area contributed by atoms with Crippen LogP contribution in [0.3, 0.4) is 0 Å². The zero-order valence-electron chi connectivity index (χ0n) is 9.79. The van der Waals surface area contributed by atoms with Gasteiger partial charge in [0, 0.05) is 0 Å². The van der Waals surface area contributed by atoms with E-state index in [2.05, 4.69) is 6.07 Å². The number of nitriles is 1. The third-order valence-electron chi connectivity index (χ3n) is 3.21. The zero-order valence-corrected chi connectivity index (χ0v) is 9.79. The van der Waals surface area contributed by atoms with Crippen molar-refractivity contribution in [1.82, 2.24) is 0 Å². The molecule has 0 heterocycles. The van der Waals surface area contributed by atoms with Gasteiger partial charge in [-0.2, -0.15) is 5.26 Å². The molecule has 0 aliphatic heterocycles. The molecule has 1 aliphatic rings. The molecule has 0 unspecified atom stereocenters. The maximum atomic E-state index is 13.1. The van der Waals surface area contributed by atoms with Crippen molar-refractivity contribution < 1.29 is 9.13 Å². The lowest BCUT2D eigenvalue weighted by molar-refractivity contribution is 0.0167. The Labute approximate surface area is 101 Å². The lowest BCUT2D eigenvalue weighted by Gasteiger charge is -2.22. The van der Waals surface area contributed by atoms with E-state index in [1.165, 1.54) is 37.5 Å². The molecule has 1 fully saturated rings. The highest BCUT2D eigenvalue weighted by Gasteiger charge is 2.14. The van der Waals surface area contributed by atoms with Crippen molar-refractivity contribution in [3.8, 4) is 6.07 Å². The van der Waals surface area contributed by atoms with Crippen molar-refractivity contribution in [2.75, 3.05) is 0 Å². The number of ether oxygens (including phenoxy) is 1. The largest absolute Gasteiger partial charge is 0.373 e. The molecular formula is C14H16FNO.